The number of nitrogens with two attached hydrogens (primary N) is 1. The topological polar surface area (TPSA) is 55.5 Å². The summed E-state index contributed by atoms with van der Waals surface area (Å²) in [6.07, 6.45) is -0.0739. The van der Waals surface area contributed by atoms with E-state index < -0.39 is 12.1 Å². The number of aliphatic hydroxyl groups excluding tert-OH is 1. The molecule has 2 atom stereocenters. The normalized spacial score (nSPS) is 13.1. The molecular weight excluding hydrogens is 286 g/mol. The molecule has 0 fully saturated rings. The molecule has 0 radical (unpaired) electrons. The van der Waals surface area contributed by atoms with Gasteiger partial charge in [-0.25, -0.2) is 0 Å². The first-order chi connectivity index (χ1) is 9.70. The molecule has 0 spiro atoms. The maximum atomic E-state index is 10.3. The first-order valence-electron chi connectivity index (χ1n) is 6.91. The zero-order valence-corrected chi connectivity index (χ0v) is 12.9. The third-order valence-corrected chi connectivity index (χ3v) is 3.26. The molecule has 2 aromatic rings. The predicted octanol–water partition coefficient (Wildman–Crippen LogP) is 3.11. The van der Waals surface area contributed by atoms with Crippen LogP contribution in [0.3, 0.4) is 0 Å². The van der Waals surface area contributed by atoms with Gasteiger partial charge in [0.05, 0.1) is 18.8 Å². The van der Waals surface area contributed by atoms with Crippen LogP contribution in [-0.4, -0.2) is 17.8 Å². The van der Waals surface area contributed by atoms with E-state index in [0.29, 0.717) is 13.0 Å². The Morgan fingerprint density at radius 3 is 2.48 bits per heavy atom. The highest BCUT2D eigenvalue weighted by atomic mass is 35.5. The van der Waals surface area contributed by atoms with Crippen LogP contribution in [0, 0.1) is 0 Å². The Bertz CT molecular complexity index is 533. The maximum absolute atomic E-state index is 10.3. The molecule has 0 bridgehead atoms. The van der Waals surface area contributed by atoms with Gasteiger partial charge in [0, 0.05) is 6.42 Å². The van der Waals surface area contributed by atoms with Gasteiger partial charge in [-0.1, -0.05) is 42.5 Å². The number of halogens is 1. The molecule has 0 aliphatic carbocycles. The van der Waals surface area contributed by atoms with E-state index in [1.54, 1.807) is 0 Å². The van der Waals surface area contributed by atoms with E-state index in [9.17, 15) is 5.11 Å². The lowest BCUT2D eigenvalue weighted by Crippen LogP contribution is -2.28. The van der Waals surface area contributed by atoms with E-state index in [0.717, 1.165) is 16.9 Å². The van der Waals surface area contributed by atoms with Crippen molar-refractivity contribution < 1.29 is 9.84 Å². The summed E-state index contributed by atoms with van der Waals surface area (Å²) in [7, 11) is 0. The van der Waals surface area contributed by atoms with Crippen LogP contribution >= 0.6 is 12.4 Å². The summed E-state index contributed by atoms with van der Waals surface area (Å²) >= 11 is 0. The van der Waals surface area contributed by atoms with Crippen molar-refractivity contribution in [2.75, 3.05) is 6.61 Å². The Kier molecular flexibility index (Phi) is 7.23. The van der Waals surface area contributed by atoms with E-state index in [1.807, 2.05) is 61.5 Å². The Morgan fingerprint density at radius 2 is 1.81 bits per heavy atom. The Morgan fingerprint density at radius 1 is 1.10 bits per heavy atom. The lowest BCUT2D eigenvalue weighted by molar-refractivity contribution is 0.145. The number of ether oxygens (including phenoxy) is 1. The fourth-order valence-electron chi connectivity index (χ4n) is 2.18. The molecule has 21 heavy (non-hydrogen) atoms. The summed E-state index contributed by atoms with van der Waals surface area (Å²) in [6, 6.07) is 17.0. The third kappa shape index (κ3) is 5.05. The first-order valence-corrected chi connectivity index (χ1v) is 6.91. The Balaban J connectivity index is 0.00000220. The Labute approximate surface area is 132 Å². The molecule has 0 amide bonds. The van der Waals surface area contributed by atoms with E-state index in [1.165, 1.54) is 0 Å². The standard InChI is InChI=1S/C17H21NO2.ClH/c1-2-20-15-10-6-9-14(12-15)17(18)16(19)11-13-7-4-3-5-8-13;/h3-10,12,16-17,19H,2,11,18H2,1H3;1H/t16-,17+;/m1./s1. The van der Waals surface area contributed by atoms with Crippen LogP contribution in [0.25, 0.3) is 0 Å². The molecule has 2 rings (SSSR count). The van der Waals surface area contributed by atoms with Gasteiger partial charge in [-0.05, 0) is 30.2 Å². The summed E-state index contributed by atoms with van der Waals surface area (Å²) in [4.78, 5) is 0. The van der Waals surface area contributed by atoms with Gasteiger partial charge in [-0.15, -0.1) is 12.4 Å². The van der Waals surface area contributed by atoms with Gasteiger partial charge in [-0.2, -0.15) is 0 Å². The van der Waals surface area contributed by atoms with Gasteiger partial charge >= 0.3 is 0 Å². The molecule has 0 saturated heterocycles. The third-order valence-electron chi connectivity index (χ3n) is 3.26. The number of hydrogen-bond acceptors (Lipinski definition) is 3. The average molecular weight is 308 g/mol. The SMILES string of the molecule is CCOc1cccc([C@H](N)[C@H](O)Cc2ccccc2)c1.Cl. The molecule has 0 unspecified atom stereocenters. The van der Waals surface area contributed by atoms with Gasteiger partial charge in [0.2, 0.25) is 0 Å². The van der Waals surface area contributed by atoms with Crippen molar-refractivity contribution in [3.05, 3.63) is 65.7 Å². The number of rotatable bonds is 6. The minimum atomic E-state index is -0.616. The van der Waals surface area contributed by atoms with Crippen LogP contribution in [0.5, 0.6) is 5.75 Å². The lowest BCUT2D eigenvalue weighted by Gasteiger charge is -2.20. The van der Waals surface area contributed by atoms with Crippen molar-refractivity contribution in [3.63, 3.8) is 0 Å². The summed E-state index contributed by atoms with van der Waals surface area (Å²) in [5.74, 6) is 0.785. The van der Waals surface area contributed by atoms with E-state index in [2.05, 4.69) is 0 Å². The van der Waals surface area contributed by atoms with Crippen molar-refractivity contribution in [1.29, 1.82) is 0 Å². The van der Waals surface area contributed by atoms with Crippen LogP contribution < -0.4 is 10.5 Å². The highest BCUT2D eigenvalue weighted by Gasteiger charge is 2.17. The van der Waals surface area contributed by atoms with Gasteiger partial charge in [0.25, 0.3) is 0 Å². The summed E-state index contributed by atoms with van der Waals surface area (Å²) < 4.78 is 5.46. The molecule has 0 aromatic heterocycles. The summed E-state index contributed by atoms with van der Waals surface area (Å²) in [5, 5.41) is 10.3. The lowest BCUT2D eigenvalue weighted by atomic mass is 9.97. The van der Waals surface area contributed by atoms with E-state index in [-0.39, 0.29) is 12.4 Å². The molecule has 2 aromatic carbocycles. The highest BCUT2D eigenvalue weighted by molar-refractivity contribution is 5.85. The fourth-order valence-corrected chi connectivity index (χ4v) is 2.18. The molecule has 114 valence electrons. The van der Waals surface area contributed by atoms with Gasteiger partial charge in [0.1, 0.15) is 5.75 Å². The van der Waals surface area contributed by atoms with Gasteiger partial charge < -0.3 is 15.6 Å². The molecule has 0 heterocycles. The number of hydrogen-bond donors (Lipinski definition) is 2. The molecule has 3 N–H and O–H groups in total. The predicted molar refractivity (Wildman–Crippen MR) is 87.9 cm³/mol. The molecule has 4 heteroatoms. The van der Waals surface area contributed by atoms with Crippen LogP contribution in [-0.2, 0) is 6.42 Å². The van der Waals surface area contributed by atoms with Crippen molar-refractivity contribution >= 4 is 12.4 Å². The van der Waals surface area contributed by atoms with Crippen molar-refractivity contribution in [1.82, 2.24) is 0 Å². The number of aliphatic hydroxyl groups is 1. The zero-order valence-electron chi connectivity index (χ0n) is 12.1. The van der Waals surface area contributed by atoms with Crippen molar-refractivity contribution in [3.8, 4) is 5.75 Å². The largest absolute Gasteiger partial charge is 0.494 e. The van der Waals surface area contributed by atoms with Crippen LogP contribution in [0.4, 0.5) is 0 Å². The monoisotopic (exact) mass is 307 g/mol. The second-order valence-electron chi connectivity index (χ2n) is 4.79. The quantitative estimate of drug-likeness (QED) is 0.862. The Hall–Kier alpha value is -1.55. The molecular formula is C17H22ClNO2. The minimum Gasteiger partial charge on any atom is -0.494 e. The molecule has 0 aliphatic heterocycles. The van der Waals surface area contributed by atoms with Crippen LogP contribution in [0.2, 0.25) is 0 Å². The second kappa shape index (κ2) is 8.67. The van der Waals surface area contributed by atoms with Gasteiger partial charge in [0.15, 0.2) is 0 Å². The van der Waals surface area contributed by atoms with Crippen molar-refractivity contribution in [2.24, 2.45) is 5.73 Å². The smallest absolute Gasteiger partial charge is 0.119 e. The molecule has 0 saturated carbocycles. The first kappa shape index (κ1) is 17.5. The summed E-state index contributed by atoms with van der Waals surface area (Å²) in [5.41, 5.74) is 8.11. The second-order valence-corrected chi connectivity index (χ2v) is 4.79. The van der Waals surface area contributed by atoms with Crippen molar-refractivity contribution in [2.45, 2.75) is 25.5 Å². The fraction of sp³-hybridized carbons (Fsp3) is 0.294. The van der Waals surface area contributed by atoms with Crippen LogP contribution in [0.15, 0.2) is 54.6 Å². The zero-order chi connectivity index (χ0) is 14.4. The molecule has 3 nitrogen and oxygen atoms in total. The van der Waals surface area contributed by atoms with E-state index in [4.69, 9.17) is 10.5 Å². The average Bonchev–Trinajstić information content (AvgIpc) is 2.48. The molecule has 0 aliphatic rings. The van der Waals surface area contributed by atoms with Crippen LogP contribution in [0.1, 0.15) is 24.1 Å². The van der Waals surface area contributed by atoms with Gasteiger partial charge in [-0.3, -0.25) is 0 Å². The van der Waals surface area contributed by atoms with E-state index >= 15 is 0 Å². The number of benzene rings is 2. The maximum Gasteiger partial charge on any atom is 0.119 e. The summed E-state index contributed by atoms with van der Waals surface area (Å²) in [6.45, 7) is 2.56. The minimum absolute atomic E-state index is 0. The highest BCUT2D eigenvalue weighted by Crippen LogP contribution is 2.22.